The van der Waals surface area contributed by atoms with Crippen molar-refractivity contribution in [3.8, 4) is 22.1 Å². The molecule has 0 aliphatic carbocycles. The Morgan fingerprint density at radius 1 is 1.26 bits per heavy atom. The normalized spacial score (nSPS) is 14.7. The van der Waals surface area contributed by atoms with Crippen LogP contribution in [0.3, 0.4) is 0 Å². The Hall–Kier alpha value is -2.15. The van der Waals surface area contributed by atoms with E-state index >= 15 is 0 Å². The Kier molecular flexibility index (Phi) is 5.57. The second-order valence-electron chi connectivity index (χ2n) is 6.71. The summed E-state index contributed by atoms with van der Waals surface area (Å²) in [6.45, 7) is 6.60. The molecule has 2 aromatic carbocycles. The van der Waals surface area contributed by atoms with Crippen LogP contribution < -0.4 is 4.74 Å². The van der Waals surface area contributed by atoms with Crippen LogP contribution in [0.25, 0.3) is 20.8 Å². The van der Waals surface area contributed by atoms with Crippen molar-refractivity contribution in [2.24, 2.45) is 0 Å². The summed E-state index contributed by atoms with van der Waals surface area (Å²) in [5, 5.41) is 11.5. The molecule has 0 radical (unpaired) electrons. The van der Waals surface area contributed by atoms with Crippen LogP contribution in [-0.4, -0.2) is 47.9 Å². The van der Waals surface area contributed by atoms with Crippen molar-refractivity contribution in [1.29, 1.82) is 0 Å². The highest BCUT2D eigenvalue weighted by Crippen LogP contribution is 2.39. The molecule has 6 heteroatoms. The first-order chi connectivity index (χ1) is 13.2. The standard InChI is InChI=1S/C21H24N2O3S/c1-2-9-25-10-7-23-8-11-26-20-16(14-23)12-15(13-18(20)24)21-22-17-5-3-4-6-19(17)27-21/h3-6,12-13,24H,2,7-11,14H2,1H3. The number of aromatic hydroxyl groups is 1. The molecule has 0 saturated carbocycles. The zero-order valence-electron chi connectivity index (χ0n) is 15.5. The van der Waals surface area contributed by atoms with Crippen molar-refractivity contribution in [2.45, 2.75) is 19.9 Å². The Morgan fingerprint density at radius 2 is 2.15 bits per heavy atom. The molecule has 1 aliphatic rings. The summed E-state index contributed by atoms with van der Waals surface area (Å²) < 4.78 is 12.6. The average molecular weight is 385 g/mol. The van der Waals surface area contributed by atoms with Crippen molar-refractivity contribution in [1.82, 2.24) is 9.88 Å². The third-order valence-electron chi connectivity index (χ3n) is 4.64. The van der Waals surface area contributed by atoms with E-state index in [0.717, 1.165) is 59.0 Å². The number of phenolic OH excluding ortho intramolecular Hbond substituents is 1. The predicted octanol–water partition coefficient (Wildman–Crippen LogP) is 4.29. The third kappa shape index (κ3) is 4.08. The quantitative estimate of drug-likeness (QED) is 0.643. The molecule has 2 heterocycles. The number of para-hydroxylation sites is 1. The summed E-state index contributed by atoms with van der Waals surface area (Å²) in [6.07, 6.45) is 1.03. The minimum atomic E-state index is 0.186. The SMILES string of the molecule is CCCOCCN1CCOc2c(O)cc(-c3nc4ccccc4s3)cc2C1. The van der Waals surface area contributed by atoms with Crippen LogP contribution in [0.2, 0.25) is 0 Å². The van der Waals surface area contributed by atoms with Gasteiger partial charge < -0.3 is 14.6 Å². The van der Waals surface area contributed by atoms with Crippen molar-refractivity contribution >= 4 is 21.6 Å². The first-order valence-corrected chi connectivity index (χ1v) is 10.2. The lowest BCUT2D eigenvalue weighted by atomic mass is 10.1. The summed E-state index contributed by atoms with van der Waals surface area (Å²) in [5.74, 6) is 0.780. The third-order valence-corrected chi connectivity index (χ3v) is 5.72. The largest absolute Gasteiger partial charge is 0.504 e. The molecule has 0 atom stereocenters. The molecule has 0 amide bonds. The summed E-state index contributed by atoms with van der Waals surface area (Å²) in [7, 11) is 0. The lowest BCUT2D eigenvalue weighted by Crippen LogP contribution is -2.29. The highest BCUT2D eigenvalue weighted by atomic mass is 32.1. The average Bonchev–Trinajstić information content (AvgIpc) is 3.00. The molecule has 0 unspecified atom stereocenters. The first-order valence-electron chi connectivity index (χ1n) is 9.39. The Bertz CT molecular complexity index is 892. The molecule has 1 aliphatic heterocycles. The molecule has 0 bridgehead atoms. The number of thiazole rings is 1. The second-order valence-corrected chi connectivity index (χ2v) is 7.74. The van der Waals surface area contributed by atoms with Crippen molar-refractivity contribution in [2.75, 3.05) is 32.9 Å². The van der Waals surface area contributed by atoms with Crippen molar-refractivity contribution in [3.63, 3.8) is 0 Å². The molecule has 142 valence electrons. The van der Waals surface area contributed by atoms with Gasteiger partial charge in [-0.25, -0.2) is 4.98 Å². The molecule has 0 saturated heterocycles. The fourth-order valence-corrected chi connectivity index (χ4v) is 4.26. The fraction of sp³-hybridized carbons (Fsp3) is 0.381. The first kappa shape index (κ1) is 18.2. The van der Waals surface area contributed by atoms with Crippen molar-refractivity contribution < 1.29 is 14.6 Å². The lowest BCUT2D eigenvalue weighted by Gasteiger charge is -2.19. The highest BCUT2D eigenvalue weighted by Gasteiger charge is 2.20. The number of hydrogen-bond acceptors (Lipinski definition) is 6. The van der Waals surface area contributed by atoms with Gasteiger partial charge >= 0.3 is 0 Å². The van der Waals surface area contributed by atoms with E-state index in [1.807, 2.05) is 18.2 Å². The minimum absolute atomic E-state index is 0.186. The second kappa shape index (κ2) is 8.25. The molecule has 3 aromatic rings. The topological polar surface area (TPSA) is 54.8 Å². The zero-order chi connectivity index (χ0) is 18.6. The van der Waals surface area contributed by atoms with Crippen LogP contribution in [0, 0.1) is 0 Å². The van der Waals surface area contributed by atoms with Crippen LogP contribution in [0.5, 0.6) is 11.5 Å². The number of rotatable bonds is 6. The van der Waals surface area contributed by atoms with E-state index in [1.165, 1.54) is 0 Å². The Balaban J connectivity index is 1.59. The monoisotopic (exact) mass is 384 g/mol. The van der Waals surface area contributed by atoms with Crippen LogP contribution in [-0.2, 0) is 11.3 Å². The lowest BCUT2D eigenvalue weighted by molar-refractivity contribution is 0.0990. The predicted molar refractivity (Wildman–Crippen MR) is 109 cm³/mol. The summed E-state index contributed by atoms with van der Waals surface area (Å²) >= 11 is 1.64. The van der Waals surface area contributed by atoms with Crippen LogP contribution in [0.1, 0.15) is 18.9 Å². The fourth-order valence-electron chi connectivity index (χ4n) is 3.30. The molecule has 27 heavy (non-hydrogen) atoms. The summed E-state index contributed by atoms with van der Waals surface area (Å²) in [5.41, 5.74) is 2.91. The van der Waals surface area contributed by atoms with E-state index in [0.29, 0.717) is 19.0 Å². The highest BCUT2D eigenvalue weighted by molar-refractivity contribution is 7.21. The molecule has 4 rings (SSSR count). The van der Waals surface area contributed by atoms with Gasteiger partial charge in [-0.2, -0.15) is 0 Å². The van der Waals surface area contributed by atoms with E-state index in [2.05, 4.69) is 24.0 Å². The number of fused-ring (bicyclic) bond motifs is 2. The van der Waals surface area contributed by atoms with Crippen molar-refractivity contribution in [3.05, 3.63) is 42.0 Å². The van der Waals surface area contributed by atoms with Gasteiger partial charge in [0.15, 0.2) is 11.5 Å². The molecular weight excluding hydrogens is 360 g/mol. The maximum Gasteiger partial charge on any atom is 0.165 e. The smallest absolute Gasteiger partial charge is 0.165 e. The Morgan fingerprint density at radius 3 is 3.00 bits per heavy atom. The van der Waals surface area contributed by atoms with Gasteiger partial charge in [0.1, 0.15) is 11.6 Å². The van der Waals surface area contributed by atoms with E-state index in [-0.39, 0.29) is 5.75 Å². The number of aromatic nitrogens is 1. The number of nitrogens with zero attached hydrogens (tertiary/aromatic N) is 2. The molecular formula is C21H24N2O3S. The maximum atomic E-state index is 10.5. The van der Waals surface area contributed by atoms with Gasteiger partial charge in [-0.15, -0.1) is 11.3 Å². The van der Waals surface area contributed by atoms with Gasteiger partial charge in [-0.3, -0.25) is 4.90 Å². The van der Waals surface area contributed by atoms with Gasteiger partial charge in [0.05, 0.1) is 16.8 Å². The van der Waals surface area contributed by atoms with E-state index < -0.39 is 0 Å². The number of ether oxygens (including phenoxy) is 2. The van der Waals surface area contributed by atoms with E-state index in [1.54, 1.807) is 17.4 Å². The summed E-state index contributed by atoms with van der Waals surface area (Å²) in [4.78, 5) is 7.03. The number of phenols is 1. The zero-order valence-corrected chi connectivity index (χ0v) is 16.3. The van der Waals surface area contributed by atoms with E-state index in [9.17, 15) is 5.11 Å². The molecule has 1 N–H and O–H groups in total. The molecule has 5 nitrogen and oxygen atoms in total. The van der Waals surface area contributed by atoms with Gasteiger partial charge in [0.2, 0.25) is 0 Å². The van der Waals surface area contributed by atoms with E-state index in [4.69, 9.17) is 14.5 Å². The molecule has 1 aromatic heterocycles. The van der Waals surface area contributed by atoms with Gasteiger partial charge in [-0.1, -0.05) is 19.1 Å². The summed E-state index contributed by atoms with van der Waals surface area (Å²) in [6, 6.07) is 12.0. The maximum absolute atomic E-state index is 10.5. The molecule has 0 fully saturated rings. The number of hydrogen-bond donors (Lipinski definition) is 1. The van der Waals surface area contributed by atoms with Gasteiger partial charge in [0.25, 0.3) is 0 Å². The van der Waals surface area contributed by atoms with Crippen LogP contribution >= 0.6 is 11.3 Å². The molecule has 0 spiro atoms. The van der Waals surface area contributed by atoms with Gasteiger partial charge in [0, 0.05) is 37.4 Å². The van der Waals surface area contributed by atoms with Crippen LogP contribution in [0.4, 0.5) is 0 Å². The number of benzene rings is 2. The van der Waals surface area contributed by atoms with Gasteiger partial charge in [-0.05, 0) is 30.7 Å². The van der Waals surface area contributed by atoms with Crippen LogP contribution in [0.15, 0.2) is 36.4 Å². The Labute approximate surface area is 163 Å². The minimum Gasteiger partial charge on any atom is -0.504 e.